The van der Waals surface area contributed by atoms with Gasteiger partial charge in [-0.25, -0.2) is 0 Å². The summed E-state index contributed by atoms with van der Waals surface area (Å²) < 4.78 is 2.24. The Hall–Kier alpha value is -1.29. The monoisotopic (exact) mass is 249 g/mol. The van der Waals surface area contributed by atoms with E-state index in [0.717, 1.165) is 39.0 Å². The Kier molecular flexibility index (Phi) is 4.42. The zero-order chi connectivity index (χ0) is 13.0. The maximum absolute atomic E-state index is 11.5. The van der Waals surface area contributed by atoms with E-state index in [4.69, 9.17) is 0 Å². The van der Waals surface area contributed by atoms with Crippen molar-refractivity contribution in [1.29, 1.82) is 0 Å². The first-order chi connectivity index (χ1) is 8.70. The Morgan fingerprint density at radius 3 is 3.00 bits per heavy atom. The minimum absolute atomic E-state index is 0.306. The number of aryl methyl sites for hydroxylation is 1. The van der Waals surface area contributed by atoms with Crippen molar-refractivity contribution in [2.45, 2.75) is 45.8 Å². The fourth-order valence-corrected chi connectivity index (χ4v) is 2.49. The summed E-state index contributed by atoms with van der Waals surface area (Å²) in [6, 6.07) is 4.56. The molecular formula is C14H23N3O. The highest BCUT2D eigenvalue weighted by atomic mass is 16.2. The van der Waals surface area contributed by atoms with Gasteiger partial charge in [-0.15, -0.1) is 0 Å². The van der Waals surface area contributed by atoms with Gasteiger partial charge < -0.3 is 14.8 Å². The van der Waals surface area contributed by atoms with Crippen molar-refractivity contribution < 1.29 is 4.79 Å². The summed E-state index contributed by atoms with van der Waals surface area (Å²) in [4.78, 5) is 13.5. The van der Waals surface area contributed by atoms with Crippen molar-refractivity contribution in [3.05, 3.63) is 24.0 Å². The highest BCUT2D eigenvalue weighted by Crippen LogP contribution is 2.10. The summed E-state index contributed by atoms with van der Waals surface area (Å²) in [6.07, 6.45) is 3.85. The van der Waals surface area contributed by atoms with Gasteiger partial charge in [-0.05, 0) is 32.4 Å². The standard InChI is InChI=1S/C14H23N3O/c1-3-16-8-4-6-13(16)10-15-12(2)11-17-9-5-7-14(17)18/h4,6,8,12,15H,3,5,7,9-11H2,1-2H3. The van der Waals surface area contributed by atoms with Gasteiger partial charge >= 0.3 is 0 Å². The van der Waals surface area contributed by atoms with Crippen LogP contribution >= 0.6 is 0 Å². The summed E-state index contributed by atoms with van der Waals surface area (Å²) in [5, 5.41) is 3.49. The fraction of sp³-hybridized carbons (Fsp3) is 0.643. The van der Waals surface area contributed by atoms with Crippen LogP contribution in [0.15, 0.2) is 18.3 Å². The number of hydrogen-bond donors (Lipinski definition) is 1. The van der Waals surface area contributed by atoms with E-state index in [9.17, 15) is 4.79 Å². The predicted molar refractivity (Wildman–Crippen MR) is 72.2 cm³/mol. The molecule has 0 aromatic carbocycles. The van der Waals surface area contributed by atoms with Crippen LogP contribution in [0.3, 0.4) is 0 Å². The zero-order valence-electron chi connectivity index (χ0n) is 11.4. The summed E-state index contributed by atoms with van der Waals surface area (Å²) in [5.41, 5.74) is 1.30. The molecule has 1 aliphatic rings. The molecule has 1 atom stereocenters. The molecule has 0 bridgehead atoms. The topological polar surface area (TPSA) is 37.3 Å². The molecule has 1 aliphatic heterocycles. The van der Waals surface area contributed by atoms with Crippen molar-refractivity contribution in [3.63, 3.8) is 0 Å². The smallest absolute Gasteiger partial charge is 0.222 e. The molecule has 1 saturated heterocycles. The molecule has 1 aromatic rings. The van der Waals surface area contributed by atoms with Crippen LogP contribution in [0.25, 0.3) is 0 Å². The highest BCUT2D eigenvalue weighted by Gasteiger charge is 2.21. The minimum atomic E-state index is 0.306. The van der Waals surface area contributed by atoms with Crippen LogP contribution in [0.5, 0.6) is 0 Å². The molecule has 0 spiro atoms. The molecule has 1 unspecified atom stereocenters. The molecule has 1 N–H and O–H groups in total. The maximum Gasteiger partial charge on any atom is 0.222 e. The number of aromatic nitrogens is 1. The Labute approximate surface area is 109 Å². The number of hydrogen-bond acceptors (Lipinski definition) is 2. The summed E-state index contributed by atoms with van der Waals surface area (Å²) in [6.45, 7) is 7.91. The van der Waals surface area contributed by atoms with E-state index in [1.54, 1.807) is 0 Å². The number of nitrogens with zero attached hydrogens (tertiary/aromatic N) is 2. The fourth-order valence-electron chi connectivity index (χ4n) is 2.49. The van der Waals surface area contributed by atoms with Crippen molar-refractivity contribution in [3.8, 4) is 0 Å². The van der Waals surface area contributed by atoms with Gasteiger partial charge in [0.15, 0.2) is 0 Å². The number of carbonyl (C=O) groups excluding carboxylic acids is 1. The van der Waals surface area contributed by atoms with Gasteiger partial charge in [-0.2, -0.15) is 0 Å². The van der Waals surface area contributed by atoms with Crippen molar-refractivity contribution in [1.82, 2.24) is 14.8 Å². The Morgan fingerprint density at radius 1 is 1.50 bits per heavy atom. The first kappa shape index (κ1) is 13.1. The van der Waals surface area contributed by atoms with Crippen molar-refractivity contribution in [2.24, 2.45) is 0 Å². The van der Waals surface area contributed by atoms with E-state index in [0.29, 0.717) is 11.9 Å². The third kappa shape index (κ3) is 3.13. The molecule has 4 nitrogen and oxygen atoms in total. The normalized spacial score (nSPS) is 17.4. The zero-order valence-corrected chi connectivity index (χ0v) is 11.4. The Bertz CT molecular complexity index is 399. The van der Waals surface area contributed by atoms with Crippen LogP contribution in [0.2, 0.25) is 0 Å². The number of carbonyl (C=O) groups is 1. The lowest BCUT2D eigenvalue weighted by atomic mass is 10.3. The van der Waals surface area contributed by atoms with Gasteiger partial charge in [0, 0.05) is 50.5 Å². The first-order valence-corrected chi connectivity index (χ1v) is 6.86. The lowest BCUT2D eigenvalue weighted by Crippen LogP contribution is -2.39. The molecule has 1 amide bonds. The molecule has 0 saturated carbocycles. The molecule has 0 aliphatic carbocycles. The van der Waals surface area contributed by atoms with Crippen LogP contribution < -0.4 is 5.32 Å². The number of likely N-dealkylation sites (tertiary alicyclic amines) is 1. The Balaban J connectivity index is 1.77. The van der Waals surface area contributed by atoms with E-state index in [1.165, 1.54) is 5.69 Å². The lowest BCUT2D eigenvalue weighted by Gasteiger charge is -2.22. The second-order valence-electron chi connectivity index (χ2n) is 5.01. The van der Waals surface area contributed by atoms with Gasteiger partial charge in [-0.1, -0.05) is 0 Å². The van der Waals surface area contributed by atoms with E-state index >= 15 is 0 Å². The quantitative estimate of drug-likeness (QED) is 0.831. The third-order valence-corrected chi connectivity index (χ3v) is 3.56. The van der Waals surface area contributed by atoms with E-state index in [-0.39, 0.29) is 0 Å². The highest BCUT2D eigenvalue weighted by molar-refractivity contribution is 5.78. The van der Waals surface area contributed by atoms with Crippen LogP contribution in [0.4, 0.5) is 0 Å². The average molecular weight is 249 g/mol. The molecular weight excluding hydrogens is 226 g/mol. The number of amides is 1. The lowest BCUT2D eigenvalue weighted by molar-refractivity contribution is -0.127. The minimum Gasteiger partial charge on any atom is -0.351 e. The van der Waals surface area contributed by atoms with E-state index in [1.807, 2.05) is 4.90 Å². The first-order valence-electron chi connectivity index (χ1n) is 6.86. The molecule has 1 fully saturated rings. The van der Waals surface area contributed by atoms with Gasteiger partial charge in [0.05, 0.1) is 0 Å². The Morgan fingerprint density at radius 2 is 2.33 bits per heavy atom. The number of rotatable bonds is 6. The average Bonchev–Trinajstić information content (AvgIpc) is 2.96. The molecule has 2 rings (SSSR count). The molecule has 0 radical (unpaired) electrons. The summed E-state index contributed by atoms with van der Waals surface area (Å²) in [7, 11) is 0. The third-order valence-electron chi connectivity index (χ3n) is 3.56. The second-order valence-corrected chi connectivity index (χ2v) is 5.01. The van der Waals surface area contributed by atoms with E-state index < -0.39 is 0 Å². The van der Waals surface area contributed by atoms with Gasteiger partial charge in [0.2, 0.25) is 5.91 Å². The second kappa shape index (κ2) is 6.05. The molecule has 100 valence electrons. The van der Waals surface area contributed by atoms with Crippen molar-refractivity contribution in [2.75, 3.05) is 13.1 Å². The predicted octanol–water partition coefficient (Wildman–Crippen LogP) is 1.61. The van der Waals surface area contributed by atoms with Crippen LogP contribution in [0.1, 0.15) is 32.4 Å². The van der Waals surface area contributed by atoms with Crippen LogP contribution in [0, 0.1) is 0 Å². The molecule has 1 aromatic heterocycles. The SMILES string of the molecule is CCn1cccc1CNC(C)CN1CCCC1=O. The van der Waals surface area contributed by atoms with Gasteiger partial charge in [0.25, 0.3) is 0 Å². The summed E-state index contributed by atoms with van der Waals surface area (Å²) >= 11 is 0. The molecule has 18 heavy (non-hydrogen) atoms. The van der Waals surface area contributed by atoms with Crippen molar-refractivity contribution >= 4 is 5.91 Å². The van der Waals surface area contributed by atoms with Crippen LogP contribution in [-0.4, -0.2) is 34.5 Å². The largest absolute Gasteiger partial charge is 0.351 e. The van der Waals surface area contributed by atoms with Gasteiger partial charge in [-0.3, -0.25) is 4.79 Å². The van der Waals surface area contributed by atoms with Crippen LogP contribution in [-0.2, 0) is 17.9 Å². The molecule has 2 heterocycles. The van der Waals surface area contributed by atoms with Gasteiger partial charge in [0.1, 0.15) is 0 Å². The maximum atomic E-state index is 11.5. The number of nitrogens with one attached hydrogen (secondary N) is 1. The summed E-state index contributed by atoms with van der Waals surface area (Å²) in [5.74, 6) is 0.306. The molecule has 4 heteroatoms. The van der Waals surface area contributed by atoms with E-state index in [2.05, 4.69) is 42.1 Å².